The summed E-state index contributed by atoms with van der Waals surface area (Å²) in [5.41, 5.74) is 6.94. The van der Waals surface area contributed by atoms with Crippen molar-refractivity contribution in [3.8, 4) is 0 Å². The normalized spacial score (nSPS) is 26.8. The van der Waals surface area contributed by atoms with Crippen LogP contribution in [0.25, 0.3) is 0 Å². The molecular formula is C14H22N2S. The molecule has 1 aliphatic rings. The van der Waals surface area contributed by atoms with Crippen molar-refractivity contribution in [1.29, 1.82) is 0 Å². The summed E-state index contributed by atoms with van der Waals surface area (Å²) in [6.45, 7) is 4.35. The van der Waals surface area contributed by atoms with Crippen LogP contribution in [-0.2, 0) is 0 Å². The van der Waals surface area contributed by atoms with Crippen LogP contribution >= 0.6 is 11.8 Å². The van der Waals surface area contributed by atoms with E-state index in [9.17, 15) is 0 Å². The molecule has 0 spiro atoms. The predicted molar refractivity (Wildman–Crippen MR) is 74.1 cm³/mol. The molecule has 1 aliphatic carbocycles. The fourth-order valence-corrected chi connectivity index (χ4v) is 3.70. The van der Waals surface area contributed by atoms with Gasteiger partial charge in [-0.15, -0.1) is 11.8 Å². The third-order valence-electron chi connectivity index (χ3n) is 3.46. The first-order valence-electron chi connectivity index (χ1n) is 6.53. The average Bonchev–Trinajstić information content (AvgIpc) is 2.29. The Hall–Kier alpha value is -0.540. The summed E-state index contributed by atoms with van der Waals surface area (Å²) in [4.78, 5) is 4.50. The van der Waals surface area contributed by atoms with Crippen LogP contribution in [0.5, 0.6) is 0 Å². The summed E-state index contributed by atoms with van der Waals surface area (Å²) >= 11 is 1.94. The van der Waals surface area contributed by atoms with Crippen molar-refractivity contribution in [3.63, 3.8) is 0 Å². The van der Waals surface area contributed by atoms with Crippen LogP contribution in [0.1, 0.15) is 51.1 Å². The Morgan fingerprint density at radius 2 is 2.24 bits per heavy atom. The van der Waals surface area contributed by atoms with E-state index < -0.39 is 0 Å². The van der Waals surface area contributed by atoms with Gasteiger partial charge in [-0.05, 0) is 37.3 Å². The minimum atomic E-state index is 0.0799. The van der Waals surface area contributed by atoms with Gasteiger partial charge in [-0.25, -0.2) is 4.98 Å². The van der Waals surface area contributed by atoms with Crippen LogP contribution in [0.4, 0.5) is 0 Å². The summed E-state index contributed by atoms with van der Waals surface area (Å²) in [6, 6.07) is 4.30. The minimum absolute atomic E-state index is 0.0799. The van der Waals surface area contributed by atoms with Crippen molar-refractivity contribution in [2.75, 3.05) is 0 Å². The maximum atomic E-state index is 5.82. The molecular weight excluding hydrogens is 228 g/mol. The highest BCUT2D eigenvalue weighted by molar-refractivity contribution is 7.99. The number of nitrogens with zero attached hydrogens (tertiary/aromatic N) is 1. The lowest BCUT2D eigenvalue weighted by Crippen LogP contribution is -2.15. The number of hydrogen-bond acceptors (Lipinski definition) is 3. The molecule has 3 atom stereocenters. The van der Waals surface area contributed by atoms with Crippen molar-refractivity contribution in [2.45, 2.75) is 55.8 Å². The van der Waals surface area contributed by atoms with E-state index in [-0.39, 0.29) is 6.04 Å². The van der Waals surface area contributed by atoms with Gasteiger partial charge in [-0.3, -0.25) is 0 Å². The molecule has 0 saturated heterocycles. The Balaban J connectivity index is 1.94. The zero-order chi connectivity index (χ0) is 12.3. The van der Waals surface area contributed by atoms with Crippen LogP contribution in [0, 0.1) is 5.92 Å². The number of nitrogens with two attached hydrogens (primary N) is 1. The predicted octanol–water partition coefficient (Wildman–Crippen LogP) is 3.77. The third kappa shape index (κ3) is 3.71. The van der Waals surface area contributed by atoms with Gasteiger partial charge in [-0.1, -0.05) is 25.8 Å². The molecule has 1 fully saturated rings. The number of pyridine rings is 1. The Kier molecular flexibility index (Phi) is 4.46. The fourth-order valence-electron chi connectivity index (χ4n) is 2.39. The van der Waals surface area contributed by atoms with Gasteiger partial charge in [-0.2, -0.15) is 0 Å². The van der Waals surface area contributed by atoms with Gasteiger partial charge in [0, 0.05) is 17.5 Å². The first-order valence-corrected chi connectivity index (χ1v) is 7.41. The summed E-state index contributed by atoms with van der Waals surface area (Å²) in [5.74, 6) is 0.879. The summed E-state index contributed by atoms with van der Waals surface area (Å²) in [7, 11) is 0. The SMILES string of the molecule is CC1CCCC(Sc2ccc([C@H](C)N)cn2)C1. The number of rotatable bonds is 3. The highest BCUT2D eigenvalue weighted by Gasteiger charge is 2.20. The summed E-state index contributed by atoms with van der Waals surface area (Å²) in [6.07, 6.45) is 7.36. The Morgan fingerprint density at radius 1 is 1.41 bits per heavy atom. The molecule has 1 aromatic heterocycles. The quantitative estimate of drug-likeness (QED) is 0.887. The van der Waals surface area contributed by atoms with E-state index in [1.807, 2.05) is 24.9 Å². The lowest BCUT2D eigenvalue weighted by atomic mass is 9.91. The monoisotopic (exact) mass is 250 g/mol. The highest BCUT2D eigenvalue weighted by Crippen LogP contribution is 2.35. The second kappa shape index (κ2) is 5.87. The molecule has 2 N–H and O–H groups in total. The lowest BCUT2D eigenvalue weighted by Gasteiger charge is -2.25. The lowest BCUT2D eigenvalue weighted by molar-refractivity contribution is 0.394. The maximum Gasteiger partial charge on any atom is 0.0962 e. The highest BCUT2D eigenvalue weighted by atomic mass is 32.2. The van der Waals surface area contributed by atoms with Crippen LogP contribution in [0.2, 0.25) is 0 Å². The molecule has 0 amide bonds. The van der Waals surface area contributed by atoms with Gasteiger partial charge in [0.15, 0.2) is 0 Å². The van der Waals surface area contributed by atoms with Crippen LogP contribution in [0.15, 0.2) is 23.4 Å². The molecule has 3 heteroatoms. The number of thioether (sulfide) groups is 1. The summed E-state index contributed by atoms with van der Waals surface area (Å²) < 4.78 is 0. The second-order valence-corrected chi connectivity index (χ2v) is 6.55. The Bertz CT molecular complexity index is 348. The molecule has 2 rings (SSSR count). The second-order valence-electron chi connectivity index (χ2n) is 5.23. The van der Waals surface area contributed by atoms with Crippen molar-refractivity contribution >= 4 is 11.8 Å². The van der Waals surface area contributed by atoms with E-state index >= 15 is 0 Å². The zero-order valence-electron chi connectivity index (χ0n) is 10.7. The number of hydrogen-bond donors (Lipinski definition) is 1. The van der Waals surface area contributed by atoms with Gasteiger partial charge in [0.05, 0.1) is 5.03 Å². The largest absolute Gasteiger partial charge is 0.324 e. The zero-order valence-corrected chi connectivity index (χ0v) is 11.5. The molecule has 1 heterocycles. The molecule has 1 aromatic rings. The first kappa shape index (κ1) is 12.9. The molecule has 0 aromatic carbocycles. The molecule has 0 bridgehead atoms. The summed E-state index contributed by atoms with van der Waals surface area (Å²) in [5, 5.41) is 1.90. The van der Waals surface area contributed by atoms with Crippen molar-refractivity contribution in [1.82, 2.24) is 4.98 Å². The molecule has 1 saturated carbocycles. The third-order valence-corrected chi connectivity index (χ3v) is 4.71. The Labute approximate surface area is 108 Å². The van der Waals surface area contributed by atoms with Gasteiger partial charge >= 0.3 is 0 Å². The molecule has 0 aliphatic heterocycles. The van der Waals surface area contributed by atoms with Gasteiger partial charge < -0.3 is 5.73 Å². The van der Waals surface area contributed by atoms with E-state index in [4.69, 9.17) is 5.73 Å². The molecule has 2 nitrogen and oxygen atoms in total. The van der Waals surface area contributed by atoms with E-state index in [0.717, 1.165) is 21.8 Å². The van der Waals surface area contributed by atoms with Crippen LogP contribution in [0.3, 0.4) is 0 Å². The van der Waals surface area contributed by atoms with Crippen molar-refractivity contribution in [3.05, 3.63) is 23.9 Å². The fraction of sp³-hybridized carbons (Fsp3) is 0.643. The van der Waals surface area contributed by atoms with E-state index in [2.05, 4.69) is 24.0 Å². The molecule has 0 radical (unpaired) electrons. The van der Waals surface area contributed by atoms with Crippen molar-refractivity contribution in [2.24, 2.45) is 11.7 Å². The van der Waals surface area contributed by atoms with Gasteiger partial charge in [0.1, 0.15) is 0 Å². The van der Waals surface area contributed by atoms with Crippen LogP contribution in [-0.4, -0.2) is 10.2 Å². The van der Waals surface area contributed by atoms with E-state index in [0.29, 0.717) is 0 Å². The molecule has 2 unspecified atom stereocenters. The minimum Gasteiger partial charge on any atom is -0.324 e. The molecule has 94 valence electrons. The van der Waals surface area contributed by atoms with E-state index in [1.165, 1.54) is 25.7 Å². The standard InChI is InChI=1S/C14H22N2S/c1-10-4-3-5-13(8-10)17-14-7-6-12(9-16-14)11(2)15/h6-7,9-11,13H,3-5,8,15H2,1-2H3/t10?,11-,13?/m0/s1. The van der Waals surface area contributed by atoms with Crippen LogP contribution < -0.4 is 5.73 Å². The maximum absolute atomic E-state index is 5.82. The smallest absolute Gasteiger partial charge is 0.0962 e. The van der Waals surface area contributed by atoms with E-state index in [1.54, 1.807) is 0 Å². The first-order chi connectivity index (χ1) is 8.15. The van der Waals surface area contributed by atoms with Crippen molar-refractivity contribution < 1.29 is 0 Å². The van der Waals surface area contributed by atoms with Gasteiger partial charge in [0.25, 0.3) is 0 Å². The number of aromatic nitrogens is 1. The molecule has 17 heavy (non-hydrogen) atoms. The average molecular weight is 250 g/mol. The van der Waals surface area contributed by atoms with Gasteiger partial charge in [0.2, 0.25) is 0 Å². The topological polar surface area (TPSA) is 38.9 Å². The Morgan fingerprint density at radius 3 is 2.82 bits per heavy atom.